The molecule has 0 fully saturated rings. The average molecular weight is 370 g/mol. The highest BCUT2D eigenvalue weighted by Crippen LogP contribution is 2.08. The number of halogens is 1. The normalized spacial score (nSPS) is 12.8. The molecule has 5 nitrogen and oxygen atoms in total. The first-order chi connectivity index (χ1) is 13.0. The molecular formula is C21H23FN2O3. The van der Waals surface area contributed by atoms with Crippen molar-refractivity contribution in [1.29, 1.82) is 0 Å². The Kier molecular flexibility index (Phi) is 7.82. The lowest BCUT2D eigenvalue weighted by Crippen LogP contribution is -2.51. The minimum absolute atomic E-state index is 0.193. The number of carbonyl (C=O) groups is 3. The number of hydrogen-bond acceptors (Lipinski definition) is 4. The zero-order valence-corrected chi connectivity index (χ0v) is 14.9. The molecule has 27 heavy (non-hydrogen) atoms. The van der Waals surface area contributed by atoms with Gasteiger partial charge < -0.3 is 11.1 Å². The van der Waals surface area contributed by atoms with Crippen LogP contribution in [0.4, 0.5) is 4.39 Å². The van der Waals surface area contributed by atoms with Crippen LogP contribution in [0.2, 0.25) is 0 Å². The van der Waals surface area contributed by atoms with Gasteiger partial charge in [0.25, 0.3) is 0 Å². The first kappa shape index (κ1) is 20.5. The number of carbonyl (C=O) groups excluding carboxylic acids is 3. The predicted molar refractivity (Wildman–Crippen MR) is 101 cm³/mol. The lowest BCUT2D eigenvalue weighted by molar-refractivity contribution is -0.139. The van der Waals surface area contributed by atoms with Crippen molar-refractivity contribution >= 4 is 17.5 Å². The summed E-state index contributed by atoms with van der Waals surface area (Å²) >= 11 is 0. The van der Waals surface area contributed by atoms with E-state index < -0.39 is 36.2 Å². The highest BCUT2D eigenvalue weighted by molar-refractivity contribution is 6.40. The lowest BCUT2D eigenvalue weighted by Gasteiger charge is -2.19. The topological polar surface area (TPSA) is 89.3 Å². The average Bonchev–Trinajstić information content (AvgIpc) is 2.71. The highest BCUT2D eigenvalue weighted by Gasteiger charge is 2.28. The quantitative estimate of drug-likeness (QED) is 0.624. The summed E-state index contributed by atoms with van der Waals surface area (Å²) in [5.41, 5.74) is 7.76. The molecule has 0 spiro atoms. The van der Waals surface area contributed by atoms with Crippen LogP contribution in [0.3, 0.4) is 0 Å². The molecule has 0 saturated heterocycles. The number of nitrogens with one attached hydrogen (secondary N) is 1. The van der Waals surface area contributed by atoms with Crippen LogP contribution in [0.25, 0.3) is 0 Å². The van der Waals surface area contributed by atoms with Crippen molar-refractivity contribution < 1.29 is 18.8 Å². The standard InChI is InChI=1S/C21H23FN2O3/c22-14-19(25)20(26)18(12-11-15-7-3-1-4-8-15)24-21(27)17(23)13-16-9-5-2-6-10-16/h1-10,17-18H,11-14,23H2,(H,24,27)/t17-,18-/m0/s1. The first-order valence-electron chi connectivity index (χ1n) is 8.78. The largest absolute Gasteiger partial charge is 0.344 e. The monoisotopic (exact) mass is 370 g/mol. The second-order valence-corrected chi connectivity index (χ2v) is 6.30. The Morgan fingerprint density at radius 2 is 1.48 bits per heavy atom. The van der Waals surface area contributed by atoms with Gasteiger partial charge in [0, 0.05) is 0 Å². The third-order valence-electron chi connectivity index (χ3n) is 4.23. The van der Waals surface area contributed by atoms with Gasteiger partial charge in [-0.15, -0.1) is 0 Å². The van der Waals surface area contributed by atoms with E-state index in [0.29, 0.717) is 12.8 Å². The smallest absolute Gasteiger partial charge is 0.237 e. The molecule has 142 valence electrons. The SMILES string of the molecule is N[C@@H](Cc1ccccc1)C(=O)N[C@@H](CCc1ccccc1)C(=O)C(=O)CF. The van der Waals surface area contributed by atoms with Gasteiger partial charge in [0.15, 0.2) is 6.67 Å². The number of Topliss-reactive ketones (excluding diaryl/α,β-unsaturated/α-hetero) is 2. The molecule has 0 saturated carbocycles. The summed E-state index contributed by atoms with van der Waals surface area (Å²) in [5.74, 6) is -2.63. The molecule has 0 bridgehead atoms. The Labute approximate surface area is 157 Å². The van der Waals surface area contributed by atoms with Gasteiger partial charge >= 0.3 is 0 Å². The van der Waals surface area contributed by atoms with Crippen molar-refractivity contribution in [1.82, 2.24) is 5.32 Å². The summed E-state index contributed by atoms with van der Waals surface area (Å²) < 4.78 is 12.6. The van der Waals surface area contributed by atoms with E-state index in [1.54, 1.807) is 0 Å². The minimum Gasteiger partial charge on any atom is -0.344 e. The number of benzene rings is 2. The fourth-order valence-corrected chi connectivity index (χ4v) is 2.72. The van der Waals surface area contributed by atoms with Gasteiger partial charge in [0.05, 0.1) is 12.1 Å². The van der Waals surface area contributed by atoms with Crippen molar-refractivity contribution in [3.05, 3.63) is 71.8 Å². The van der Waals surface area contributed by atoms with Gasteiger partial charge in [-0.05, 0) is 30.4 Å². The Morgan fingerprint density at radius 3 is 2.04 bits per heavy atom. The molecule has 1 amide bonds. The van der Waals surface area contributed by atoms with Gasteiger partial charge in [-0.25, -0.2) is 4.39 Å². The van der Waals surface area contributed by atoms with E-state index in [9.17, 15) is 18.8 Å². The summed E-state index contributed by atoms with van der Waals surface area (Å²) in [6.07, 6.45) is 0.951. The van der Waals surface area contributed by atoms with E-state index in [1.165, 1.54) is 0 Å². The van der Waals surface area contributed by atoms with E-state index in [0.717, 1.165) is 11.1 Å². The van der Waals surface area contributed by atoms with Crippen LogP contribution in [-0.2, 0) is 27.2 Å². The number of rotatable bonds is 10. The molecule has 2 aromatic carbocycles. The molecule has 3 N–H and O–H groups in total. The highest BCUT2D eigenvalue weighted by atomic mass is 19.1. The lowest BCUT2D eigenvalue weighted by atomic mass is 9.99. The van der Waals surface area contributed by atoms with Gasteiger partial charge in [0.2, 0.25) is 17.5 Å². The Hall–Kier alpha value is -2.86. The van der Waals surface area contributed by atoms with Crippen molar-refractivity contribution in [2.45, 2.75) is 31.3 Å². The van der Waals surface area contributed by atoms with Crippen LogP contribution in [-0.4, -0.2) is 36.2 Å². The molecule has 0 heterocycles. The summed E-state index contributed by atoms with van der Waals surface area (Å²) in [5, 5.41) is 2.52. The van der Waals surface area contributed by atoms with Crippen LogP contribution in [0.5, 0.6) is 0 Å². The summed E-state index contributed by atoms with van der Waals surface area (Å²) in [4.78, 5) is 36.1. The second-order valence-electron chi connectivity index (χ2n) is 6.30. The Balaban J connectivity index is 2.02. The molecule has 0 aliphatic rings. The molecule has 0 aromatic heterocycles. The Bertz CT molecular complexity index is 766. The van der Waals surface area contributed by atoms with Crippen LogP contribution in [0, 0.1) is 0 Å². The van der Waals surface area contributed by atoms with E-state index in [2.05, 4.69) is 5.32 Å². The van der Waals surface area contributed by atoms with Crippen LogP contribution < -0.4 is 11.1 Å². The third kappa shape index (κ3) is 6.42. The van der Waals surface area contributed by atoms with Crippen LogP contribution in [0.1, 0.15) is 17.5 Å². The molecule has 6 heteroatoms. The van der Waals surface area contributed by atoms with E-state index in [-0.39, 0.29) is 6.42 Å². The van der Waals surface area contributed by atoms with Crippen molar-refractivity contribution in [2.24, 2.45) is 5.73 Å². The number of ketones is 2. The third-order valence-corrected chi connectivity index (χ3v) is 4.23. The maximum Gasteiger partial charge on any atom is 0.237 e. The molecule has 0 unspecified atom stereocenters. The van der Waals surface area contributed by atoms with Crippen molar-refractivity contribution in [2.75, 3.05) is 6.67 Å². The van der Waals surface area contributed by atoms with E-state index in [1.807, 2.05) is 60.7 Å². The summed E-state index contributed by atoms with van der Waals surface area (Å²) in [7, 11) is 0. The minimum atomic E-state index is -1.38. The van der Waals surface area contributed by atoms with Crippen LogP contribution >= 0.6 is 0 Å². The van der Waals surface area contributed by atoms with Gasteiger partial charge in [-0.3, -0.25) is 14.4 Å². The number of nitrogens with two attached hydrogens (primary N) is 1. The maximum atomic E-state index is 12.6. The zero-order valence-electron chi connectivity index (χ0n) is 14.9. The maximum absolute atomic E-state index is 12.6. The van der Waals surface area contributed by atoms with Crippen LogP contribution in [0.15, 0.2) is 60.7 Å². The number of aryl methyl sites for hydroxylation is 1. The number of hydrogen-bond donors (Lipinski definition) is 2. The fraction of sp³-hybridized carbons (Fsp3) is 0.286. The molecule has 0 aliphatic heterocycles. The number of alkyl halides is 1. The zero-order chi connectivity index (χ0) is 19.6. The molecule has 2 aromatic rings. The summed E-state index contributed by atoms with van der Waals surface area (Å²) in [6.45, 7) is -1.38. The second kappa shape index (κ2) is 10.3. The molecule has 0 aliphatic carbocycles. The van der Waals surface area contributed by atoms with Crippen molar-refractivity contribution in [3.8, 4) is 0 Å². The number of amides is 1. The molecular weight excluding hydrogens is 347 g/mol. The Morgan fingerprint density at radius 1 is 0.926 bits per heavy atom. The molecule has 2 rings (SSSR count). The molecule has 0 radical (unpaired) electrons. The van der Waals surface area contributed by atoms with Crippen molar-refractivity contribution in [3.63, 3.8) is 0 Å². The van der Waals surface area contributed by atoms with E-state index in [4.69, 9.17) is 5.73 Å². The summed E-state index contributed by atoms with van der Waals surface area (Å²) in [6, 6.07) is 16.6. The van der Waals surface area contributed by atoms with Gasteiger partial charge in [-0.1, -0.05) is 60.7 Å². The van der Waals surface area contributed by atoms with Gasteiger partial charge in [0.1, 0.15) is 0 Å². The molecule has 2 atom stereocenters. The fourth-order valence-electron chi connectivity index (χ4n) is 2.72. The van der Waals surface area contributed by atoms with Gasteiger partial charge in [-0.2, -0.15) is 0 Å². The first-order valence-corrected chi connectivity index (χ1v) is 8.78. The van der Waals surface area contributed by atoms with E-state index >= 15 is 0 Å². The predicted octanol–water partition coefficient (Wildman–Crippen LogP) is 1.78.